The highest BCUT2D eigenvalue weighted by Gasteiger charge is 2.63. The van der Waals surface area contributed by atoms with E-state index in [4.69, 9.17) is 10.5 Å². The molecule has 2 saturated heterocycles. The van der Waals surface area contributed by atoms with Crippen LogP contribution in [0, 0.1) is 0 Å². The number of carbonyl (C=O) groups is 2. The van der Waals surface area contributed by atoms with Crippen LogP contribution in [0.1, 0.15) is 19.4 Å². The summed E-state index contributed by atoms with van der Waals surface area (Å²) in [6.07, 6.45) is 0. The van der Waals surface area contributed by atoms with Crippen molar-refractivity contribution in [1.29, 1.82) is 0 Å². The van der Waals surface area contributed by atoms with Gasteiger partial charge in [0.05, 0.1) is 0 Å². The Morgan fingerprint density at radius 2 is 2.05 bits per heavy atom. The molecule has 112 valence electrons. The maximum atomic E-state index is 12.4. The number of nitrogens with zero attached hydrogens (tertiary/aromatic N) is 1. The van der Waals surface area contributed by atoms with Gasteiger partial charge >= 0.3 is 5.97 Å². The highest BCUT2D eigenvalue weighted by atomic mass is 32.2. The van der Waals surface area contributed by atoms with Gasteiger partial charge in [0.1, 0.15) is 24.1 Å². The van der Waals surface area contributed by atoms with E-state index in [1.165, 1.54) is 0 Å². The summed E-state index contributed by atoms with van der Waals surface area (Å²) in [7, 11) is 0. The van der Waals surface area contributed by atoms with E-state index in [2.05, 4.69) is 0 Å². The van der Waals surface area contributed by atoms with Crippen molar-refractivity contribution in [3.8, 4) is 0 Å². The molecular formula is C15H18N2O3S. The Bertz CT molecular complexity index is 576. The molecule has 1 amide bonds. The molecule has 0 aliphatic carbocycles. The fraction of sp³-hybridized carbons (Fsp3) is 0.467. The van der Waals surface area contributed by atoms with E-state index in [-0.39, 0.29) is 28.6 Å². The largest absolute Gasteiger partial charge is 0.459 e. The summed E-state index contributed by atoms with van der Waals surface area (Å²) in [6, 6.07) is 8.43. The maximum absolute atomic E-state index is 12.4. The summed E-state index contributed by atoms with van der Waals surface area (Å²) in [5.74, 6) is -0.529. The Kier molecular flexibility index (Phi) is 3.45. The number of ether oxygens (including phenoxy) is 1. The van der Waals surface area contributed by atoms with Crippen LogP contribution in [0.3, 0.4) is 0 Å². The van der Waals surface area contributed by atoms with Crippen LogP contribution in [0.15, 0.2) is 30.3 Å². The van der Waals surface area contributed by atoms with Gasteiger partial charge in [0, 0.05) is 4.75 Å². The van der Waals surface area contributed by atoms with Crippen LogP contribution in [-0.2, 0) is 20.9 Å². The highest BCUT2D eigenvalue weighted by molar-refractivity contribution is 8.01. The van der Waals surface area contributed by atoms with Gasteiger partial charge in [-0.05, 0) is 19.4 Å². The first-order valence-corrected chi connectivity index (χ1v) is 7.76. The van der Waals surface area contributed by atoms with Crippen LogP contribution in [0.5, 0.6) is 0 Å². The molecule has 1 unspecified atom stereocenters. The molecule has 2 aliphatic heterocycles. The second-order valence-corrected chi connectivity index (χ2v) is 7.65. The third-order valence-electron chi connectivity index (χ3n) is 3.93. The fourth-order valence-electron chi connectivity index (χ4n) is 2.83. The predicted octanol–water partition coefficient (Wildman–Crippen LogP) is 1.12. The molecule has 2 aliphatic rings. The molecule has 0 saturated carbocycles. The van der Waals surface area contributed by atoms with Gasteiger partial charge < -0.3 is 15.4 Å². The zero-order valence-corrected chi connectivity index (χ0v) is 12.8. The van der Waals surface area contributed by atoms with E-state index in [0.717, 1.165) is 5.56 Å². The van der Waals surface area contributed by atoms with Crippen molar-refractivity contribution in [1.82, 2.24) is 4.90 Å². The summed E-state index contributed by atoms with van der Waals surface area (Å²) < 4.78 is 5.01. The smallest absolute Gasteiger partial charge is 0.330 e. The van der Waals surface area contributed by atoms with Crippen LogP contribution >= 0.6 is 11.8 Å². The molecule has 3 atom stereocenters. The van der Waals surface area contributed by atoms with E-state index < -0.39 is 12.1 Å². The maximum Gasteiger partial charge on any atom is 0.330 e. The highest BCUT2D eigenvalue weighted by Crippen LogP contribution is 2.50. The van der Waals surface area contributed by atoms with Gasteiger partial charge in [0.25, 0.3) is 0 Å². The predicted molar refractivity (Wildman–Crippen MR) is 80.3 cm³/mol. The van der Waals surface area contributed by atoms with Crippen molar-refractivity contribution in [3.05, 3.63) is 35.9 Å². The Morgan fingerprint density at radius 3 is 2.71 bits per heavy atom. The lowest BCUT2D eigenvalue weighted by Crippen LogP contribution is -2.68. The minimum absolute atomic E-state index is 0.109. The Morgan fingerprint density at radius 1 is 1.38 bits per heavy atom. The molecule has 0 bridgehead atoms. The topological polar surface area (TPSA) is 72.6 Å². The first kappa shape index (κ1) is 14.4. The van der Waals surface area contributed by atoms with Gasteiger partial charge in [-0.1, -0.05) is 30.3 Å². The molecular weight excluding hydrogens is 288 g/mol. The van der Waals surface area contributed by atoms with Gasteiger partial charge in [-0.25, -0.2) is 4.79 Å². The molecule has 2 fully saturated rings. The van der Waals surface area contributed by atoms with Crippen LogP contribution in [-0.4, -0.2) is 39.0 Å². The quantitative estimate of drug-likeness (QED) is 0.669. The van der Waals surface area contributed by atoms with Gasteiger partial charge in [-0.3, -0.25) is 4.79 Å². The first-order valence-electron chi connectivity index (χ1n) is 6.88. The second kappa shape index (κ2) is 5.03. The van der Waals surface area contributed by atoms with Crippen molar-refractivity contribution < 1.29 is 14.3 Å². The summed E-state index contributed by atoms with van der Waals surface area (Å²) in [5, 5.41) is -0.109. The van der Waals surface area contributed by atoms with Gasteiger partial charge in [-0.15, -0.1) is 11.8 Å². The second-order valence-electron chi connectivity index (χ2n) is 5.88. The SMILES string of the molecule is CC1(C)S[C@@H]2C(N)C(=O)N2[C@H]1C(=O)OCc1ccccc1. The number of hydrogen-bond donors (Lipinski definition) is 1. The van der Waals surface area contributed by atoms with E-state index in [9.17, 15) is 9.59 Å². The fourth-order valence-corrected chi connectivity index (χ4v) is 4.39. The van der Waals surface area contributed by atoms with Crippen molar-refractivity contribution in [3.63, 3.8) is 0 Å². The van der Waals surface area contributed by atoms with Crippen molar-refractivity contribution >= 4 is 23.6 Å². The molecule has 2 heterocycles. The number of rotatable bonds is 3. The Hall–Kier alpha value is -1.53. The first-order chi connectivity index (χ1) is 9.92. The van der Waals surface area contributed by atoms with Crippen molar-refractivity contribution in [2.24, 2.45) is 5.73 Å². The number of thioether (sulfide) groups is 1. The zero-order valence-electron chi connectivity index (χ0n) is 12.0. The van der Waals surface area contributed by atoms with E-state index in [0.29, 0.717) is 0 Å². The van der Waals surface area contributed by atoms with Crippen LogP contribution < -0.4 is 5.73 Å². The molecule has 0 spiro atoms. The number of fused-ring (bicyclic) bond motifs is 1. The number of nitrogens with two attached hydrogens (primary N) is 1. The molecule has 2 N–H and O–H groups in total. The van der Waals surface area contributed by atoms with Crippen molar-refractivity contribution in [2.45, 2.75) is 42.7 Å². The molecule has 6 heteroatoms. The number of benzene rings is 1. The molecule has 21 heavy (non-hydrogen) atoms. The number of β-lactam (4-membered cyclic amide) rings is 1. The van der Waals surface area contributed by atoms with Crippen LogP contribution in [0.25, 0.3) is 0 Å². The minimum Gasteiger partial charge on any atom is -0.459 e. The van der Waals surface area contributed by atoms with Crippen LogP contribution in [0.2, 0.25) is 0 Å². The summed E-state index contributed by atoms with van der Waals surface area (Å²) >= 11 is 1.57. The number of hydrogen-bond acceptors (Lipinski definition) is 5. The number of esters is 1. The Labute approximate surface area is 127 Å². The monoisotopic (exact) mass is 306 g/mol. The number of amides is 1. The van der Waals surface area contributed by atoms with E-state index >= 15 is 0 Å². The lowest BCUT2D eigenvalue weighted by molar-refractivity contribution is -0.163. The normalized spacial score (nSPS) is 29.8. The summed E-state index contributed by atoms with van der Waals surface area (Å²) in [4.78, 5) is 25.9. The van der Waals surface area contributed by atoms with Gasteiger partial charge in [0.2, 0.25) is 5.91 Å². The Balaban J connectivity index is 1.70. The van der Waals surface area contributed by atoms with E-state index in [1.54, 1.807) is 16.7 Å². The average molecular weight is 306 g/mol. The molecule has 0 radical (unpaired) electrons. The molecule has 1 aromatic carbocycles. The van der Waals surface area contributed by atoms with Gasteiger partial charge in [-0.2, -0.15) is 0 Å². The average Bonchev–Trinajstić information content (AvgIpc) is 2.74. The third kappa shape index (κ3) is 2.32. The van der Waals surface area contributed by atoms with Gasteiger partial charge in [0.15, 0.2) is 0 Å². The van der Waals surface area contributed by atoms with Crippen molar-refractivity contribution in [2.75, 3.05) is 0 Å². The standard InChI is InChI=1S/C15H18N2O3S/c1-15(2)11(17-12(18)10(16)13(17)21-15)14(19)20-8-9-6-4-3-5-7-9/h3-7,10-11,13H,8,16H2,1-2H3/t10?,11-,13+/m0/s1. The molecule has 0 aromatic heterocycles. The summed E-state index contributed by atoms with van der Waals surface area (Å²) in [5.41, 5.74) is 6.72. The molecule has 3 rings (SSSR count). The lowest BCUT2D eigenvalue weighted by atomic mass is 9.96. The minimum atomic E-state index is -0.566. The third-order valence-corrected chi connectivity index (χ3v) is 5.52. The molecule has 5 nitrogen and oxygen atoms in total. The molecule has 1 aromatic rings. The zero-order chi connectivity index (χ0) is 15.2. The van der Waals surface area contributed by atoms with Crippen LogP contribution in [0.4, 0.5) is 0 Å². The number of carbonyl (C=O) groups excluding carboxylic acids is 2. The lowest BCUT2D eigenvalue weighted by Gasteiger charge is -2.41. The summed E-state index contributed by atoms with van der Waals surface area (Å²) in [6.45, 7) is 4.12. The van der Waals surface area contributed by atoms with E-state index in [1.807, 2.05) is 44.2 Å².